The Morgan fingerprint density at radius 2 is 1.51 bits per heavy atom. The Kier molecular flexibility index (Phi) is 9.13. The van der Waals surface area contributed by atoms with Gasteiger partial charge in [0.05, 0.1) is 12.3 Å². The van der Waals surface area contributed by atoms with E-state index in [9.17, 15) is 18.4 Å². The minimum absolute atomic E-state index is 0.00164. The number of para-hydroxylation sites is 1. The molecule has 0 N–H and O–H groups in total. The molecular weight excluding hydrogens is 639 g/mol. The highest BCUT2D eigenvalue weighted by Crippen LogP contribution is 2.39. The van der Waals surface area contributed by atoms with Crippen molar-refractivity contribution in [2.45, 2.75) is 58.7 Å². The summed E-state index contributed by atoms with van der Waals surface area (Å²) in [4.78, 5) is 28.7. The first-order valence-corrected chi connectivity index (χ1v) is 18.3. The zero-order valence-corrected chi connectivity index (χ0v) is 29.4. The quantitative estimate of drug-likeness (QED) is 0.128. The minimum Gasteiger partial charge on any atom is -0.400 e. The number of amides is 1. The second kappa shape index (κ2) is 13.2. The number of halogens is 2. The first-order valence-electron chi connectivity index (χ1n) is 16.4. The predicted molar refractivity (Wildman–Crippen MR) is 191 cm³/mol. The monoisotopic (exact) mass is 678 g/mol. The third-order valence-corrected chi connectivity index (χ3v) is 14.4. The Labute approximate surface area is 286 Å². The fourth-order valence-electron chi connectivity index (χ4n) is 7.00. The molecule has 5 aromatic rings. The van der Waals surface area contributed by atoms with Gasteiger partial charge in [-0.25, -0.2) is 13.6 Å². The number of carbonyl (C=O) groups is 1. The Hall–Kier alpha value is -4.93. The van der Waals surface area contributed by atoms with Crippen molar-refractivity contribution in [3.05, 3.63) is 148 Å². The number of nitrogens with zero attached hydrogens (tertiary/aromatic N) is 4. The summed E-state index contributed by atoms with van der Waals surface area (Å²) in [7, 11) is -2.92. The molecule has 1 aliphatic heterocycles. The molecule has 0 bridgehead atoms. The minimum atomic E-state index is -2.92. The van der Waals surface area contributed by atoms with Crippen LogP contribution in [0.25, 0.3) is 5.69 Å². The van der Waals surface area contributed by atoms with Crippen molar-refractivity contribution in [1.82, 2.24) is 14.3 Å². The van der Waals surface area contributed by atoms with Crippen LogP contribution in [0.1, 0.15) is 62.3 Å². The molecule has 49 heavy (non-hydrogen) atoms. The number of aromatic nitrogens is 3. The van der Waals surface area contributed by atoms with Crippen LogP contribution >= 0.6 is 0 Å². The van der Waals surface area contributed by atoms with Crippen molar-refractivity contribution in [3.63, 3.8) is 0 Å². The topological polar surface area (TPSA) is 69.4 Å². The van der Waals surface area contributed by atoms with E-state index in [0.29, 0.717) is 29.2 Å². The fraction of sp³-hybridized carbons (Fsp3) is 0.256. The third-order valence-electron chi connectivity index (χ3n) is 9.39. The highest BCUT2D eigenvalue weighted by molar-refractivity contribution is 6.99. The van der Waals surface area contributed by atoms with E-state index < -0.39 is 37.5 Å². The molecule has 1 unspecified atom stereocenters. The van der Waals surface area contributed by atoms with E-state index in [2.05, 4.69) is 51.6 Å². The summed E-state index contributed by atoms with van der Waals surface area (Å²) < 4.78 is 39.6. The molecule has 0 aliphatic carbocycles. The molecule has 2 heterocycles. The third kappa shape index (κ3) is 5.89. The maximum absolute atomic E-state index is 14.8. The Balaban J connectivity index is 1.41. The van der Waals surface area contributed by atoms with Gasteiger partial charge in [-0.05, 0) is 65.2 Å². The van der Waals surface area contributed by atoms with E-state index in [-0.39, 0.29) is 29.4 Å². The number of carbonyl (C=O) groups excluding carboxylic acids is 1. The number of rotatable bonds is 9. The molecule has 0 radical (unpaired) electrons. The first kappa shape index (κ1) is 33.9. The summed E-state index contributed by atoms with van der Waals surface area (Å²) in [5, 5.41) is 6.77. The van der Waals surface area contributed by atoms with Crippen LogP contribution in [0.3, 0.4) is 0 Å². The molecule has 6 rings (SSSR count). The smallest absolute Gasteiger partial charge is 0.350 e. The number of fused-ring (bicyclic) bond motifs is 1. The summed E-state index contributed by atoms with van der Waals surface area (Å²) in [6, 6.07) is 29.0. The predicted octanol–water partition coefficient (Wildman–Crippen LogP) is 6.73. The fourth-order valence-corrected chi connectivity index (χ4v) is 11.5. The van der Waals surface area contributed by atoms with Crippen molar-refractivity contribution in [3.8, 4) is 5.69 Å². The summed E-state index contributed by atoms with van der Waals surface area (Å²) in [6.45, 7) is 14.9. The van der Waals surface area contributed by atoms with Crippen LogP contribution in [0.4, 0.5) is 14.5 Å². The Morgan fingerprint density at radius 3 is 2.04 bits per heavy atom. The van der Waals surface area contributed by atoms with Crippen LogP contribution in [0.15, 0.2) is 114 Å². The van der Waals surface area contributed by atoms with Crippen LogP contribution in [0.2, 0.25) is 5.04 Å². The van der Waals surface area contributed by atoms with Crippen molar-refractivity contribution in [2.75, 3.05) is 11.4 Å². The van der Waals surface area contributed by atoms with Gasteiger partial charge < -0.3 is 9.33 Å². The van der Waals surface area contributed by atoms with Gasteiger partial charge in [0.2, 0.25) is 0 Å². The van der Waals surface area contributed by atoms with Gasteiger partial charge in [-0.1, -0.05) is 99.7 Å². The Morgan fingerprint density at radius 1 is 0.918 bits per heavy atom. The molecule has 10 heteroatoms. The normalized spacial score (nSPS) is 15.0. The molecule has 0 saturated heterocycles. The second-order valence-electron chi connectivity index (χ2n) is 13.5. The van der Waals surface area contributed by atoms with E-state index in [0.717, 1.165) is 27.4 Å². The Bertz CT molecular complexity index is 2030. The molecule has 0 saturated carbocycles. The van der Waals surface area contributed by atoms with Crippen molar-refractivity contribution in [2.24, 2.45) is 0 Å². The van der Waals surface area contributed by atoms with Crippen LogP contribution in [-0.4, -0.2) is 35.1 Å². The van der Waals surface area contributed by atoms with Gasteiger partial charge in [-0.2, -0.15) is 4.68 Å². The lowest BCUT2D eigenvalue weighted by Gasteiger charge is -2.42. The van der Waals surface area contributed by atoms with Gasteiger partial charge in [0.25, 0.3) is 14.2 Å². The highest BCUT2D eigenvalue weighted by Gasteiger charge is 2.50. The molecular formula is C39H40F2N4O3Si. The van der Waals surface area contributed by atoms with Gasteiger partial charge in [0.15, 0.2) is 5.82 Å². The van der Waals surface area contributed by atoms with Crippen LogP contribution in [0, 0.1) is 11.6 Å². The largest absolute Gasteiger partial charge is 0.400 e. The second-order valence-corrected chi connectivity index (χ2v) is 17.8. The maximum Gasteiger partial charge on any atom is 0.350 e. The lowest BCUT2D eigenvalue weighted by atomic mass is 9.84. The van der Waals surface area contributed by atoms with Crippen molar-refractivity contribution < 1.29 is 18.0 Å². The van der Waals surface area contributed by atoms with Gasteiger partial charge in [0.1, 0.15) is 17.3 Å². The molecule has 0 fully saturated rings. The molecule has 1 amide bonds. The van der Waals surface area contributed by atoms with Crippen molar-refractivity contribution >= 4 is 30.3 Å². The molecule has 4 aromatic carbocycles. The summed E-state index contributed by atoms with van der Waals surface area (Å²) in [6.07, 6.45) is 0. The van der Waals surface area contributed by atoms with Gasteiger partial charge in [-0.15, -0.1) is 5.10 Å². The van der Waals surface area contributed by atoms with Gasteiger partial charge in [0, 0.05) is 24.6 Å². The van der Waals surface area contributed by atoms with Gasteiger partial charge >= 0.3 is 5.69 Å². The lowest BCUT2D eigenvalue weighted by Crippen LogP contribution is -2.66. The lowest BCUT2D eigenvalue weighted by molar-refractivity contribution is 0.0976. The van der Waals surface area contributed by atoms with E-state index >= 15 is 0 Å². The zero-order valence-electron chi connectivity index (χ0n) is 28.4. The average Bonchev–Trinajstić information content (AvgIpc) is 3.40. The number of hydrogen-bond donors (Lipinski definition) is 0. The molecule has 1 atom stereocenters. The number of anilines is 1. The van der Waals surface area contributed by atoms with Crippen molar-refractivity contribution in [1.29, 1.82) is 0 Å². The summed E-state index contributed by atoms with van der Waals surface area (Å²) >= 11 is 0. The standard InChI is InChI=1S/C39H40F2N4O3Si/c1-7-43-35(25-48-49(39(4,5)6,28-15-10-8-11-16-28)29-17-12-9-13-18-29)42-45(38(43)47)27-21-22-30-31(23-27)32(26(2)3)24-44(37(30)46)36-33(40)19-14-20-34(36)41/h8-23,32H,2,7,24-25H2,1,3-6H3. The van der Waals surface area contributed by atoms with E-state index in [4.69, 9.17) is 9.52 Å². The van der Waals surface area contributed by atoms with Gasteiger partial charge in [-0.3, -0.25) is 9.36 Å². The SMILES string of the molecule is C=C(C)C1CN(c2c(F)cccc2F)C(=O)c2ccc(-n3nc(CO[Si](c4ccccc4)(c4ccccc4)C(C)(C)C)n(CC)c3=O)cc21. The molecule has 252 valence electrons. The van der Waals surface area contributed by atoms with Crippen LogP contribution < -0.4 is 21.0 Å². The molecule has 0 spiro atoms. The molecule has 7 nitrogen and oxygen atoms in total. The van der Waals surface area contributed by atoms with E-state index in [1.165, 1.54) is 10.7 Å². The van der Waals surface area contributed by atoms with Crippen LogP contribution in [-0.2, 0) is 17.6 Å². The average molecular weight is 679 g/mol. The first-order chi connectivity index (χ1) is 23.4. The summed E-state index contributed by atoms with van der Waals surface area (Å²) in [5.74, 6) is -2.13. The number of benzene rings is 4. The zero-order chi connectivity index (χ0) is 35.1. The number of hydrogen-bond acceptors (Lipinski definition) is 4. The van der Waals surface area contributed by atoms with E-state index in [1.54, 1.807) is 22.8 Å². The van der Waals surface area contributed by atoms with Crippen LogP contribution in [0.5, 0.6) is 0 Å². The summed E-state index contributed by atoms with van der Waals surface area (Å²) in [5.41, 5.74) is 1.34. The highest BCUT2D eigenvalue weighted by atomic mass is 28.4. The van der Waals surface area contributed by atoms with E-state index in [1.807, 2.05) is 50.2 Å². The molecule has 1 aliphatic rings. The molecule has 1 aromatic heterocycles. The maximum atomic E-state index is 14.8.